The minimum Gasteiger partial charge on any atom is -0.464 e. The van der Waals surface area contributed by atoms with Crippen LogP contribution >= 0.6 is 0 Å². The maximum atomic E-state index is 13.5. The smallest absolute Gasteiger partial charge is 0.359 e. The molecule has 1 amide bonds. The Labute approximate surface area is 213 Å². The van der Waals surface area contributed by atoms with E-state index in [1.165, 1.54) is 18.4 Å². The van der Waals surface area contributed by atoms with E-state index in [2.05, 4.69) is 15.6 Å². The Morgan fingerprint density at radius 3 is 2.38 bits per heavy atom. The van der Waals surface area contributed by atoms with E-state index in [9.17, 15) is 9.59 Å². The summed E-state index contributed by atoms with van der Waals surface area (Å²) in [5.41, 5.74) is 7.67. The van der Waals surface area contributed by atoms with Gasteiger partial charge in [0.15, 0.2) is 5.71 Å². The van der Waals surface area contributed by atoms with E-state index in [0.717, 1.165) is 22.2 Å². The largest absolute Gasteiger partial charge is 0.464 e. The molecule has 0 spiro atoms. The second-order valence-electron chi connectivity index (χ2n) is 8.58. The molecule has 1 aromatic heterocycles. The Morgan fingerprint density at radius 2 is 1.68 bits per heavy atom. The van der Waals surface area contributed by atoms with Crippen molar-refractivity contribution >= 4 is 46.0 Å². The molecule has 0 aliphatic carbocycles. The minimum absolute atomic E-state index is 0.0738. The zero-order valence-corrected chi connectivity index (χ0v) is 20.6. The first-order valence-electron chi connectivity index (χ1n) is 11.6. The van der Waals surface area contributed by atoms with E-state index in [1.54, 1.807) is 18.2 Å². The summed E-state index contributed by atoms with van der Waals surface area (Å²) < 4.78 is 10.8. The molecule has 2 heterocycles. The number of hydrazone groups is 1. The molecule has 0 bridgehead atoms. The summed E-state index contributed by atoms with van der Waals surface area (Å²) in [7, 11) is 1.25. The zero-order chi connectivity index (χ0) is 25.9. The van der Waals surface area contributed by atoms with Gasteiger partial charge in [-0.25, -0.2) is 4.79 Å². The average molecular weight is 493 g/mol. The molecule has 184 valence electrons. The van der Waals surface area contributed by atoms with Crippen LogP contribution in [-0.2, 0) is 14.3 Å². The SMILES string of the molecule is COC(=O)C1=NN(c2ccc(C)cc2)C(=O)/C1=C\c1coc2ccccc2/c1=N\Nc1ccc(C)cc1. The quantitative estimate of drug-likeness (QED) is 0.242. The predicted octanol–water partition coefficient (Wildman–Crippen LogP) is 4.94. The lowest BCUT2D eigenvalue weighted by Crippen LogP contribution is -2.23. The lowest BCUT2D eigenvalue weighted by Gasteiger charge is -2.11. The van der Waals surface area contributed by atoms with Crippen LogP contribution in [0.4, 0.5) is 11.4 Å². The number of hydrogen-bond acceptors (Lipinski definition) is 7. The summed E-state index contributed by atoms with van der Waals surface area (Å²) >= 11 is 0. The molecule has 37 heavy (non-hydrogen) atoms. The fraction of sp³-hybridized carbons (Fsp3) is 0.103. The Balaban J connectivity index is 1.64. The number of nitrogens with zero attached hydrogens (tertiary/aromatic N) is 3. The molecule has 1 aliphatic rings. The molecule has 0 fully saturated rings. The van der Waals surface area contributed by atoms with Gasteiger partial charge in [-0.15, -0.1) is 0 Å². The second kappa shape index (κ2) is 9.94. The van der Waals surface area contributed by atoms with Crippen molar-refractivity contribution in [2.24, 2.45) is 10.2 Å². The Kier molecular flexibility index (Phi) is 6.38. The van der Waals surface area contributed by atoms with E-state index < -0.39 is 11.9 Å². The Morgan fingerprint density at radius 1 is 1.00 bits per heavy atom. The fourth-order valence-electron chi connectivity index (χ4n) is 3.89. The van der Waals surface area contributed by atoms with Gasteiger partial charge >= 0.3 is 5.97 Å². The van der Waals surface area contributed by atoms with Crippen LogP contribution in [0, 0.1) is 13.8 Å². The van der Waals surface area contributed by atoms with Gasteiger partial charge in [-0.2, -0.15) is 15.2 Å². The van der Waals surface area contributed by atoms with E-state index in [1.807, 2.05) is 74.5 Å². The van der Waals surface area contributed by atoms with Crippen LogP contribution < -0.4 is 15.8 Å². The second-order valence-corrected chi connectivity index (χ2v) is 8.58. The number of carbonyl (C=O) groups excluding carboxylic acids is 2. The standard InChI is InChI=1S/C29H24N4O4/c1-18-8-12-21(13-9-18)30-31-26-20(17-37-25-7-5-4-6-23(25)26)16-24-27(29(35)36-3)32-33(28(24)34)22-14-10-19(2)11-15-22/h4-17,30H,1-3H3/b24-16-,31-26-. The van der Waals surface area contributed by atoms with Crippen LogP contribution in [0.15, 0.2) is 99.3 Å². The van der Waals surface area contributed by atoms with E-state index in [0.29, 0.717) is 22.2 Å². The van der Waals surface area contributed by atoms with Gasteiger partial charge in [-0.3, -0.25) is 10.2 Å². The fourth-order valence-corrected chi connectivity index (χ4v) is 3.89. The number of para-hydroxylation sites is 1. The summed E-state index contributed by atoms with van der Waals surface area (Å²) in [5.74, 6) is -1.18. The van der Waals surface area contributed by atoms with Gasteiger partial charge in [0.05, 0.1) is 24.1 Å². The first kappa shape index (κ1) is 23.7. The highest BCUT2D eigenvalue weighted by Crippen LogP contribution is 2.26. The minimum atomic E-state index is -0.719. The maximum Gasteiger partial charge on any atom is 0.359 e. The summed E-state index contributed by atoms with van der Waals surface area (Å²) in [6, 6.07) is 22.5. The van der Waals surface area contributed by atoms with Crippen molar-refractivity contribution in [3.05, 3.63) is 107 Å². The molecule has 8 nitrogen and oxygen atoms in total. The van der Waals surface area contributed by atoms with Gasteiger partial charge in [-0.1, -0.05) is 47.5 Å². The Hall–Kier alpha value is -4.98. The molecule has 8 heteroatoms. The summed E-state index contributed by atoms with van der Waals surface area (Å²) in [6.07, 6.45) is 3.06. The number of hydrogen-bond donors (Lipinski definition) is 1. The first-order chi connectivity index (χ1) is 17.9. The number of aryl methyl sites for hydroxylation is 2. The molecule has 5 rings (SSSR count). The number of methoxy groups -OCH3 is 1. The van der Waals surface area contributed by atoms with Gasteiger partial charge in [0.1, 0.15) is 17.2 Å². The monoisotopic (exact) mass is 492 g/mol. The number of anilines is 2. The molecule has 4 aromatic rings. The van der Waals surface area contributed by atoms with Gasteiger partial charge in [0.25, 0.3) is 5.91 Å². The highest BCUT2D eigenvalue weighted by Gasteiger charge is 2.36. The molecule has 0 unspecified atom stereocenters. The molecule has 0 saturated carbocycles. The van der Waals surface area contributed by atoms with Crippen molar-refractivity contribution in [1.82, 2.24) is 0 Å². The van der Waals surface area contributed by atoms with Gasteiger partial charge in [0, 0.05) is 10.9 Å². The van der Waals surface area contributed by atoms with Crippen molar-refractivity contribution in [1.29, 1.82) is 0 Å². The van der Waals surface area contributed by atoms with Crippen molar-refractivity contribution < 1.29 is 18.7 Å². The highest BCUT2D eigenvalue weighted by molar-refractivity contribution is 6.54. The number of benzene rings is 3. The number of esters is 1. The molecule has 0 atom stereocenters. The van der Waals surface area contributed by atoms with Crippen LogP contribution in [0.5, 0.6) is 0 Å². The molecule has 1 N–H and O–H groups in total. The number of carbonyl (C=O) groups is 2. The van der Waals surface area contributed by atoms with Gasteiger partial charge < -0.3 is 9.15 Å². The van der Waals surface area contributed by atoms with Crippen LogP contribution in [-0.4, -0.2) is 24.7 Å². The van der Waals surface area contributed by atoms with Crippen molar-refractivity contribution in [3.63, 3.8) is 0 Å². The zero-order valence-electron chi connectivity index (χ0n) is 20.6. The van der Waals surface area contributed by atoms with Crippen molar-refractivity contribution in [2.75, 3.05) is 17.5 Å². The van der Waals surface area contributed by atoms with E-state index >= 15 is 0 Å². The average Bonchev–Trinajstić information content (AvgIpc) is 3.24. The van der Waals surface area contributed by atoms with E-state index in [-0.39, 0.29) is 11.3 Å². The Bertz CT molecular complexity index is 1630. The molecule has 0 saturated heterocycles. The third kappa shape index (κ3) is 4.77. The number of fused-ring (bicyclic) bond motifs is 1. The van der Waals surface area contributed by atoms with Crippen LogP contribution in [0.2, 0.25) is 0 Å². The summed E-state index contributed by atoms with van der Waals surface area (Å²) in [5, 5.41) is 11.4. The first-order valence-corrected chi connectivity index (χ1v) is 11.6. The third-order valence-corrected chi connectivity index (χ3v) is 5.91. The lowest BCUT2D eigenvalue weighted by atomic mass is 10.1. The van der Waals surface area contributed by atoms with Crippen LogP contribution in [0.1, 0.15) is 16.7 Å². The highest BCUT2D eigenvalue weighted by atomic mass is 16.5. The van der Waals surface area contributed by atoms with Gasteiger partial charge in [0.2, 0.25) is 0 Å². The maximum absolute atomic E-state index is 13.5. The summed E-state index contributed by atoms with van der Waals surface area (Å²) in [6.45, 7) is 3.96. The van der Waals surface area contributed by atoms with Crippen molar-refractivity contribution in [3.8, 4) is 0 Å². The van der Waals surface area contributed by atoms with E-state index in [4.69, 9.17) is 9.15 Å². The lowest BCUT2D eigenvalue weighted by molar-refractivity contribution is -0.132. The van der Waals surface area contributed by atoms with Crippen LogP contribution in [0.25, 0.3) is 17.0 Å². The molecule has 3 aromatic carbocycles. The molecule has 0 radical (unpaired) electrons. The number of nitrogens with one attached hydrogen (secondary N) is 1. The van der Waals surface area contributed by atoms with Crippen LogP contribution in [0.3, 0.4) is 0 Å². The number of amides is 1. The molecular weight excluding hydrogens is 468 g/mol. The topological polar surface area (TPSA) is 96.5 Å². The molecule has 1 aliphatic heterocycles. The normalized spacial score (nSPS) is 14.8. The third-order valence-electron chi connectivity index (χ3n) is 5.91. The molecular formula is C29H24N4O4. The van der Waals surface area contributed by atoms with Gasteiger partial charge in [-0.05, 0) is 56.3 Å². The number of rotatable bonds is 5. The van der Waals surface area contributed by atoms with Crippen molar-refractivity contribution in [2.45, 2.75) is 13.8 Å². The number of ether oxygens (including phenoxy) is 1. The predicted molar refractivity (Wildman–Crippen MR) is 143 cm³/mol. The summed E-state index contributed by atoms with van der Waals surface area (Å²) in [4.78, 5) is 26.1.